The zero-order valence-electron chi connectivity index (χ0n) is 22.1. The predicted molar refractivity (Wildman–Crippen MR) is 155 cm³/mol. The van der Waals surface area contributed by atoms with Crippen molar-refractivity contribution in [3.05, 3.63) is 51.9 Å². The first kappa shape index (κ1) is 26.5. The van der Waals surface area contributed by atoms with E-state index >= 15 is 0 Å². The molecule has 36 heavy (non-hydrogen) atoms. The number of rotatable bonds is 9. The summed E-state index contributed by atoms with van der Waals surface area (Å²) in [6.45, 7) is 14.1. The number of aliphatic imine (C=N–C) groups is 1. The summed E-state index contributed by atoms with van der Waals surface area (Å²) in [4.78, 5) is 27.1. The van der Waals surface area contributed by atoms with Crippen molar-refractivity contribution in [2.45, 2.75) is 52.4 Å². The number of benzene rings is 2. The number of aryl methyl sites for hydroxylation is 1. The lowest BCUT2D eigenvalue weighted by molar-refractivity contribution is -0.122. The van der Waals surface area contributed by atoms with Crippen molar-refractivity contribution < 1.29 is 9.53 Å². The average molecular weight is 525 g/mol. The molecule has 0 unspecified atom stereocenters. The fourth-order valence-electron chi connectivity index (χ4n) is 4.46. The summed E-state index contributed by atoms with van der Waals surface area (Å²) >= 11 is 3.16. The molecule has 0 atom stereocenters. The summed E-state index contributed by atoms with van der Waals surface area (Å²) in [6.07, 6.45) is 1.96. The molecule has 192 valence electrons. The van der Waals surface area contributed by atoms with Crippen LogP contribution in [0.25, 0.3) is 0 Å². The number of fused-ring (bicyclic) bond motifs is 1. The van der Waals surface area contributed by atoms with Crippen LogP contribution in [0, 0.1) is 6.92 Å². The highest BCUT2D eigenvalue weighted by atomic mass is 32.2. The van der Waals surface area contributed by atoms with Crippen LogP contribution in [0.5, 0.6) is 5.75 Å². The van der Waals surface area contributed by atoms with Gasteiger partial charge in [-0.25, -0.2) is 4.99 Å². The van der Waals surface area contributed by atoms with Crippen molar-refractivity contribution in [2.75, 3.05) is 43.1 Å². The predicted octanol–water partition coefficient (Wildman–Crippen LogP) is 7.01. The summed E-state index contributed by atoms with van der Waals surface area (Å²) < 4.78 is 5.45. The lowest BCUT2D eigenvalue weighted by atomic mass is 10.1. The van der Waals surface area contributed by atoms with Gasteiger partial charge in [-0.15, -0.1) is 0 Å². The number of unbranched alkanes of at least 4 members (excludes halogenated alkanes) is 1. The van der Waals surface area contributed by atoms with Gasteiger partial charge in [-0.3, -0.25) is 9.69 Å². The van der Waals surface area contributed by atoms with Crippen molar-refractivity contribution in [3.8, 4) is 5.75 Å². The molecule has 0 bridgehead atoms. The quantitative estimate of drug-likeness (QED) is 0.329. The third-order valence-corrected chi connectivity index (χ3v) is 8.92. The number of anilines is 2. The molecule has 8 heteroatoms. The van der Waals surface area contributed by atoms with Crippen molar-refractivity contribution in [1.29, 1.82) is 0 Å². The monoisotopic (exact) mass is 524 g/mol. The van der Waals surface area contributed by atoms with E-state index < -0.39 is 0 Å². The first-order chi connectivity index (χ1) is 17.4. The molecule has 0 aliphatic carbocycles. The van der Waals surface area contributed by atoms with Crippen molar-refractivity contribution in [1.82, 2.24) is 4.90 Å². The fourth-order valence-corrected chi connectivity index (χ4v) is 6.85. The molecule has 4 rings (SSSR count). The van der Waals surface area contributed by atoms with E-state index in [4.69, 9.17) is 9.73 Å². The van der Waals surface area contributed by atoms with Crippen LogP contribution in [-0.2, 0) is 4.79 Å². The Morgan fingerprint density at radius 1 is 1.00 bits per heavy atom. The Labute approximate surface area is 223 Å². The Morgan fingerprint density at radius 3 is 2.42 bits per heavy atom. The second-order valence-corrected chi connectivity index (χ2v) is 10.8. The summed E-state index contributed by atoms with van der Waals surface area (Å²) in [5.41, 5.74) is 4.32. The van der Waals surface area contributed by atoms with Crippen LogP contribution in [0.4, 0.5) is 17.1 Å². The van der Waals surface area contributed by atoms with Gasteiger partial charge in [0, 0.05) is 42.8 Å². The number of carbonyl (C=O) groups is 1. The molecule has 2 aromatic rings. The minimum atomic E-state index is 0.0466. The van der Waals surface area contributed by atoms with Gasteiger partial charge in [0.05, 0.1) is 18.5 Å². The van der Waals surface area contributed by atoms with Gasteiger partial charge in [0.25, 0.3) is 5.91 Å². The number of nitrogens with zero attached hydrogens (tertiary/aromatic N) is 4. The molecular formula is C28H36N4O2S2. The zero-order chi connectivity index (χ0) is 25.8. The van der Waals surface area contributed by atoms with E-state index in [0.717, 1.165) is 75.2 Å². The molecule has 1 fully saturated rings. The van der Waals surface area contributed by atoms with Crippen molar-refractivity contribution in [2.24, 2.45) is 4.99 Å². The highest BCUT2D eigenvalue weighted by Gasteiger charge is 2.39. The maximum atomic E-state index is 13.7. The largest absolute Gasteiger partial charge is 0.497 e. The Morgan fingerprint density at radius 2 is 1.78 bits per heavy atom. The number of amidine groups is 1. The van der Waals surface area contributed by atoms with Crippen LogP contribution in [0.1, 0.15) is 46.1 Å². The average Bonchev–Trinajstić information content (AvgIpc) is 3.40. The van der Waals surface area contributed by atoms with Crippen LogP contribution in [0.3, 0.4) is 0 Å². The molecule has 0 aromatic heterocycles. The normalized spacial score (nSPS) is 18.4. The number of methoxy groups -OCH3 is 1. The van der Waals surface area contributed by atoms with Crippen molar-refractivity contribution >= 4 is 51.7 Å². The molecule has 2 aliphatic rings. The van der Waals surface area contributed by atoms with Crippen LogP contribution in [-0.4, -0.2) is 49.3 Å². The molecule has 0 spiro atoms. The van der Waals surface area contributed by atoms with Gasteiger partial charge >= 0.3 is 0 Å². The SMILES string of the molecule is CCCCN1C(=O)C(=C2Sc3ccc(OC)cc3N2CC)SC1=Nc1ccc(N(CC)CC)cc1C. The van der Waals surface area contributed by atoms with Gasteiger partial charge in [0.1, 0.15) is 15.7 Å². The standard InChI is InChI=1S/C28H36N4O2S2/c1-7-11-16-32-26(33)25(27-31(10-4)23-18-21(34-6)13-15-24(23)35-27)36-28(32)29-22-14-12-20(17-19(22)5)30(8-2)9-3/h12-15,17-18H,7-11,16H2,1-6H3. The number of amides is 1. The van der Waals surface area contributed by atoms with Gasteiger partial charge in [-0.1, -0.05) is 25.1 Å². The molecule has 0 N–H and O–H groups in total. The Balaban J connectivity index is 1.72. The first-order valence-corrected chi connectivity index (χ1v) is 14.4. The molecule has 1 amide bonds. The number of carbonyl (C=O) groups excluding carboxylic acids is 1. The molecule has 2 aromatic carbocycles. The van der Waals surface area contributed by atoms with E-state index in [1.54, 1.807) is 18.9 Å². The lowest BCUT2D eigenvalue weighted by Crippen LogP contribution is -2.30. The minimum absolute atomic E-state index is 0.0466. The Kier molecular flexibility index (Phi) is 8.57. The summed E-state index contributed by atoms with van der Waals surface area (Å²) in [5.74, 6) is 0.866. The topological polar surface area (TPSA) is 48.4 Å². The van der Waals surface area contributed by atoms with E-state index in [-0.39, 0.29) is 5.91 Å². The lowest BCUT2D eigenvalue weighted by Gasteiger charge is -2.22. The maximum absolute atomic E-state index is 13.7. The minimum Gasteiger partial charge on any atom is -0.497 e. The van der Waals surface area contributed by atoms with Gasteiger partial charge in [-0.2, -0.15) is 0 Å². The first-order valence-electron chi connectivity index (χ1n) is 12.8. The third-order valence-electron chi connectivity index (χ3n) is 6.54. The van der Waals surface area contributed by atoms with E-state index in [2.05, 4.69) is 68.7 Å². The number of hydrogen-bond donors (Lipinski definition) is 0. The molecule has 2 aliphatic heterocycles. The van der Waals surface area contributed by atoms with Gasteiger partial charge in [0.15, 0.2) is 5.17 Å². The van der Waals surface area contributed by atoms with E-state index in [9.17, 15) is 4.79 Å². The second kappa shape index (κ2) is 11.6. The van der Waals surface area contributed by atoms with Gasteiger partial charge in [0.2, 0.25) is 0 Å². The summed E-state index contributed by atoms with van der Waals surface area (Å²) in [5, 5.41) is 1.75. The molecule has 0 saturated carbocycles. The fraction of sp³-hybridized carbons (Fsp3) is 0.429. The number of hydrogen-bond acceptors (Lipinski definition) is 7. The van der Waals surface area contributed by atoms with Crippen molar-refractivity contribution in [3.63, 3.8) is 0 Å². The molecular weight excluding hydrogens is 488 g/mol. The van der Waals surface area contributed by atoms with Crippen LogP contribution >= 0.6 is 23.5 Å². The zero-order valence-corrected chi connectivity index (χ0v) is 23.8. The Hall–Kier alpha value is -2.58. The van der Waals surface area contributed by atoms with E-state index in [0.29, 0.717) is 6.54 Å². The third kappa shape index (κ3) is 5.11. The highest BCUT2D eigenvalue weighted by molar-refractivity contribution is 8.19. The molecule has 6 nitrogen and oxygen atoms in total. The highest BCUT2D eigenvalue weighted by Crippen LogP contribution is 2.51. The van der Waals surface area contributed by atoms with E-state index in [1.807, 2.05) is 17.0 Å². The van der Waals surface area contributed by atoms with E-state index in [1.165, 1.54) is 17.4 Å². The molecule has 0 radical (unpaired) electrons. The summed E-state index contributed by atoms with van der Waals surface area (Å²) in [6, 6.07) is 12.5. The second-order valence-electron chi connectivity index (χ2n) is 8.76. The summed E-state index contributed by atoms with van der Waals surface area (Å²) in [7, 11) is 1.68. The van der Waals surface area contributed by atoms with Crippen LogP contribution in [0.15, 0.2) is 56.2 Å². The Bertz CT molecular complexity index is 1190. The number of ether oxygens (including phenoxy) is 1. The van der Waals surface area contributed by atoms with Gasteiger partial charge < -0.3 is 14.5 Å². The molecule has 2 heterocycles. The number of thioether (sulfide) groups is 2. The molecule has 1 saturated heterocycles. The smallest absolute Gasteiger partial charge is 0.269 e. The van der Waals surface area contributed by atoms with Crippen LogP contribution < -0.4 is 14.5 Å². The maximum Gasteiger partial charge on any atom is 0.269 e. The van der Waals surface area contributed by atoms with Gasteiger partial charge in [-0.05, 0) is 81.8 Å². The van der Waals surface area contributed by atoms with Crippen LogP contribution in [0.2, 0.25) is 0 Å².